The van der Waals surface area contributed by atoms with E-state index >= 15 is 0 Å². The average Bonchev–Trinajstić information content (AvgIpc) is 2.95. The van der Waals surface area contributed by atoms with E-state index in [0.717, 1.165) is 31.7 Å². The lowest BCUT2D eigenvalue weighted by molar-refractivity contribution is 0.0184. The van der Waals surface area contributed by atoms with Crippen LogP contribution in [-0.4, -0.2) is 41.7 Å². The highest BCUT2D eigenvalue weighted by Gasteiger charge is 2.25. The molecule has 0 spiro atoms. The van der Waals surface area contributed by atoms with Gasteiger partial charge in [0, 0.05) is 13.6 Å². The van der Waals surface area contributed by atoms with E-state index in [1.54, 1.807) is 10.9 Å². The summed E-state index contributed by atoms with van der Waals surface area (Å²) in [6, 6.07) is 0. The van der Waals surface area contributed by atoms with Crippen LogP contribution in [0.15, 0.2) is 12.4 Å². The molecule has 2 heterocycles. The van der Waals surface area contributed by atoms with Crippen LogP contribution in [-0.2, 0) is 11.8 Å². The number of hydrogen-bond acceptors (Lipinski definition) is 4. The highest BCUT2D eigenvalue weighted by Crippen LogP contribution is 2.20. The molecule has 0 bridgehead atoms. The van der Waals surface area contributed by atoms with Crippen LogP contribution in [0.4, 0.5) is 0 Å². The van der Waals surface area contributed by atoms with Crippen molar-refractivity contribution in [3.8, 4) is 5.75 Å². The van der Waals surface area contributed by atoms with Crippen molar-refractivity contribution < 1.29 is 9.47 Å². The second kappa shape index (κ2) is 6.91. The molecule has 0 aromatic carbocycles. The summed E-state index contributed by atoms with van der Waals surface area (Å²) in [5.41, 5.74) is 0. The summed E-state index contributed by atoms with van der Waals surface area (Å²) in [7, 11) is 1.88. The number of ether oxygens (including phenoxy) is 2. The first-order chi connectivity index (χ1) is 9.13. The van der Waals surface area contributed by atoms with Gasteiger partial charge in [-0.15, -0.1) is 0 Å². The van der Waals surface area contributed by atoms with E-state index < -0.39 is 0 Å². The monoisotopic (exact) mass is 267 g/mol. The molecule has 0 aliphatic carbocycles. The van der Waals surface area contributed by atoms with Crippen LogP contribution in [0.3, 0.4) is 0 Å². The number of hydrogen-bond donors (Lipinski definition) is 1. The van der Waals surface area contributed by atoms with Crippen LogP contribution in [0.25, 0.3) is 0 Å². The van der Waals surface area contributed by atoms with Gasteiger partial charge in [-0.2, -0.15) is 5.10 Å². The molecule has 1 fully saturated rings. The summed E-state index contributed by atoms with van der Waals surface area (Å²) in [4.78, 5) is 0. The summed E-state index contributed by atoms with van der Waals surface area (Å²) in [6.07, 6.45) is 6.35. The Morgan fingerprint density at radius 2 is 2.26 bits per heavy atom. The Bertz CT molecular complexity index is 379. The number of aryl methyl sites for hydroxylation is 1. The fraction of sp³-hybridized carbons (Fsp3) is 0.786. The third-order valence-corrected chi connectivity index (χ3v) is 3.24. The first-order valence-corrected chi connectivity index (χ1v) is 7.11. The largest absolute Gasteiger partial charge is 0.488 e. The zero-order valence-corrected chi connectivity index (χ0v) is 12.1. The second-order valence-corrected chi connectivity index (χ2v) is 5.67. The molecule has 1 N–H and O–H groups in total. The van der Waals surface area contributed by atoms with E-state index in [9.17, 15) is 0 Å². The molecule has 2 unspecified atom stereocenters. The molecule has 1 saturated heterocycles. The predicted molar refractivity (Wildman–Crippen MR) is 74.3 cm³/mol. The van der Waals surface area contributed by atoms with Crippen molar-refractivity contribution >= 4 is 0 Å². The van der Waals surface area contributed by atoms with Crippen LogP contribution in [0.1, 0.15) is 26.7 Å². The number of aromatic nitrogens is 2. The Labute approximate surface area is 115 Å². The number of nitrogens with zero attached hydrogens (tertiary/aromatic N) is 2. The Kier molecular flexibility index (Phi) is 5.22. The summed E-state index contributed by atoms with van der Waals surface area (Å²) in [5.74, 6) is 1.50. The molecule has 19 heavy (non-hydrogen) atoms. The summed E-state index contributed by atoms with van der Waals surface area (Å²) in [5, 5.41) is 7.52. The normalized spacial score (nSPS) is 23.2. The fourth-order valence-electron chi connectivity index (χ4n) is 2.25. The predicted octanol–water partition coefficient (Wildman–Crippen LogP) is 1.59. The summed E-state index contributed by atoms with van der Waals surface area (Å²) >= 11 is 0. The van der Waals surface area contributed by atoms with E-state index in [1.807, 2.05) is 13.2 Å². The van der Waals surface area contributed by atoms with Crippen molar-refractivity contribution in [2.75, 3.05) is 19.7 Å². The SMILES string of the molecule is CC(C)CNCC1CCC(COc2cnn(C)c2)O1. The van der Waals surface area contributed by atoms with Gasteiger partial charge in [-0.3, -0.25) is 4.68 Å². The minimum atomic E-state index is 0.214. The van der Waals surface area contributed by atoms with Gasteiger partial charge in [0.1, 0.15) is 6.61 Å². The standard InChI is InChI=1S/C14H25N3O2/c1-11(2)6-15-7-12-4-5-13(19-12)10-18-14-8-16-17(3)9-14/h8-9,11-13,15H,4-7,10H2,1-3H3. The van der Waals surface area contributed by atoms with Gasteiger partial charge in [0.2, 0.25) is 0 Å². The van der Waals surface area contributed by atoms with E-state index in [4.69, 9.17) is 9.47 Å². The molecule has 108 valence electrons. The molecular weight excluding hydrogens is 242 g/mol. The second-order valence-electron chi connectivity index (χ2n) is 5.67. The van der Waals surface area contributed by atoms with Crippen molar-refractivity contribution in [3.05, 3.63) is 12.4 Å². The first-order valence-electron chi connectivity index (χ1n) is 7.11. The van der Waals surface area contributed by atoms with Gasteiger partial charge in [-0.05, 0) is 25.3 Å². The average molecular weight is 267 g/mol. The summed E-state index contributed by atoms with van der Waals surface area (Å²) < 4.78 is 13.4. The van der Waals surface area contributed by atoms with Gasteiger partial charge >= 0.3 is 0 Å². The van der Waals surface area contributed by atoms with Crippen LogP contribution < -0.4 is 10.1 Å². The van der Waals surface area contributed by atoms with Crippen LogP contribution >= 0.6 is 0 Å². The topological polar surface area (TPSA) is 48.3 Å². The molecule has 5 nitrogen and oxygen atoms in total. The van der Waals surface area contributed by atoms with Crippen molar-refractivity contribution in [1.29, 1.82) is 0 Å². The molecule has 1 aliphatic heterocycles. The molecule has 1 aliphatic rings. The van der Waals surface area contributed by atoms with Crippen LogP contribution in [0.5, 0.6) is 5.75 Å². The molecule has 0 saturated carbocycles. The van der Waals surface area contributed by atoms with Crippen molar-refractivity contribution in [2.45, 2.75) is 38.9 Å². The van der Waals surface area contributed by atoms with Gasteiger partial charge < -0.3 is 14.8 Å². The third kappa shape index (κ3) is 4.84. The van der Waals surface area contributed by atoms with Crippen molar-refractivity contribution in [3.63, 3.8) is 0 Å². The first kappa shape index (κ1) is 14.3. The Morgan fingerprint density at radius 1 is 1.47 bits per heavy atom. The Balaban J connectivity index is 1.62. The zero-order chi connectivity index (χ0) is 13.7. The highest BCUT2D eigenvalue weighted by molar-refractivity contribution is 5.11. The van der Waals surface area contributed by atoms with Gasteiger partial charge in [0.25, 0.3) is 0 Å². The van der Waals surface area contributed by atoms with Gasteiger partial charge in [0.15, 0.2) is 5.75 Å². The molecule has 1 aromatic heterocycles. The zero-order valence-electron chi connectivity index (χ0n) is 12.1. The van der Waals surface area contributed by atoms with Gasteiger partial charge in [0.05, 0.1) is 24.6 Å². The van der Waals surface area contributed by atoms with Crippen molar-refractivity contribution in [1.82, 2.24) is 15.1 Å². The van der Waals surface area contributed by atoms with E-state index in [-0.39, 0.29) is 6.10 Å². The maximum absolute atomic E-state index is 5.96. The molecule has 0 radical (unpaired) electrons. The Morgan fingerprint density at radius 3 is 2.95 bits per heavy atom. The molecule has 0 amide bonds. The maximum atomic E-state index is 5.96. The fourth-order valence-corrected chi connectivity index (χ4v) is 2.25. The van der Waals surface area contributed by atoms with Gasteiger partial charge in [-0.25, -0.2) is 0 Å². The molecule has 5 heteroatoms. The third-order valence-electron chi connectivity index (χ3n) is 3.24. The van der Waals surface area contributed by atoms with E-state index in [2.05, 4.69) is 24.3 Å². The molecular formula is C14H25N3O2. The lowest BCUT2D eigenvalue weighted by atomic mass is 10.2. The maximum Gasteiger partial charge on any atom is 0.157 e. The lowest BCUT2D eigenvalue weighted by Crippen LogP contribution is -2.30. The summed E-state index contributed by atoms with van der Waals surface area (Å²) in [6.45, 7) is 7.05. The van der Waals surface area contributed by atoms with Crippen molar-refractivity contribution in [2.24, 2.45) is 13.0 Å². The molecule has 2 rings (SSSR count). The quantitative estimate of drug-likeness (QED) is 0.815. The van der Waals surface area contributed by atoms with Crippen LogP contribution in [0, 0.1) is 5.92 Å². The van der Waals surface area contributed by atoms with Crippen LogP contribution in [0.2, 0.25) is 0 Å². The molecule has 1 aromatic rings. The lowest BCUT2D eigenvalue weighted by Gasteiger charge is -2.15. The Hall–Kier alpha value is -1.07. The van der Waals surface area contributed by atoms with E-state index in [0.29, 0.717) is 18.6 Å². The number of nitrogens with one attached hydrogen (secondary N) is 1. The molecule has 2 atom stereocenters. The van der Waals surface area contributed by atoms with Gasteiger partial charge in [-0.1, -0.05) is 13.8 Å². The minimum Gasteiger partial charge on any atom is -0.488 e. The minimum absolute atomic E-state index is 0.214. The highest BCUT2D eigenvalue weighted by atomic mass is 16.5. The number of rotatable bonds is 7. The van der Waals surface area contributed by atoms with E-state index in [1.165, 1.54) is 0 Å². The smallest absolute Gasteiger partial charge is 0.157 e.